The topological polar surface area (TPSA) is 64.0 Å². The van der Waals surface area contributed by atoms with Gasteiger partial charge in [-0.15, -0.1) is 0 Å². The van der Waals surface area contributed by atoms with Crippen LogP contribution >= 0.6 is 0 Å². The number of hydrogen-bond acceptors (Lipinski definition) is 4. The number of nitrogens with zero attached hydrogens (tertiary/aromatic N) is 2. The van der Waals surface area contributed by atoms with Crippen LogP contribution in [0.25, 0.3) is 0 Å². The second-order valence-corrected chi connectivity index (χ2v) is 4.93. The van der Waals surface area contributed by atoms with Crippen molar-refractivity contribution in [1.29, 1.82) is 0 Å². The Bertz CT molecular complexity index is 712. The van der Waals surface area contributed by atoms with Gasteiger partial charge in [0.15, 0.2) is 11.6 Å². The lowest BCUT2D eigenvalue weighted by Gasteiger charge is -2.02. The predicted molar refractivity (Wildman–Crippen MR) is 86.2 cm³/mol. The number of aromatic nitrogens is 2. The number of carbonyl (C=O) groups is 2. The van der Waals surface area contributed by atoms with Gasteiger partial charge in [0.05, 0.1) is 11.8 Å². The summed E-state index contributed by atoms with van der Waals surface area (Å²) in [5.41, 5.74) is 2.94. The minimum absolute atomic E-state index is 0.0284. The van der Waals surface area contributed by atoms with Crippen molar-refractivity contribution in [2.75, 3.05) is 5.32 Å². The maximum absolute atomic E-state index is 12.1. The normalized spacial score (nSPS) is 10.9. The second kappa shape index (κ2) is 6.85. The van der Waals surface area contributed by atoms with Crippen molar-refractivity contribution in [2.24, 2.45) is 0 Å². The number of anilines is 1. The lowest BCUT2D eigenvalue weighted by molar-refractivity contribution is 0.101. The highest BCUT2D eigenvalue weighted by Gasteiger charge is 2.10. The van der Waals surface area contributed by atoms with Crippen LogP contribution < -0.4 is 5.32 Å². The molecule has 0 saturated carbocycles. The lowest BCUT2D eigenvalue weighted by Crippen LogP contribution is -2.02. The van der Waals surface area contributed by atoms with E-state index in [1.54, 1.807) is 41.3 Å². The summed E-state index contributed by atoms with van der Waals surface area (Å²) >= 11 is 0. The number of rotatable bonds is 6. The largest absolute Gasteiger partial charge is 0.362 e. The van der Waals surface area contributed by atoms with Gasteiger partial charge >= 0.3 is 0 Å². The Balaban J connectivity index is 2.01. The maximum atomic E-state index is 12.1. The van der Waals surface area contributed by atoms with E-state index < -0.39 is 0 Å². The first-order valence-electron chi connectivity index (χ1n) is 7.13. The molecule has 0 spiro atoms. The molecule has 0 aliphatic carbocycles. The second-order valence-electron chi connectivity index (χ2n) is 4.93. The molecule has 0 amide bonds. The van der Waals surface area contributed by atoms with Gasteiger partial charge in [0.25, 0.3) is 0 Å². The number of benzene rings is 1. The maximum Gasteiger partial charge on any atom is 0.190 e. The van der Waals surface area contributed by atoms with Crippen molar-refractivity contribution in [1.82, 2.24) is 9.78 Å². The fourth-order valence-corrected chi connectivity index (χ4v) is 2.11. The molecule has 5 heteroatoms. The molecule has 1 heterocycles. The van der Waals surface area contributed by atoms with Gasteiger partial charge in [-0.1, -0.05) is 0 Å². The Morgan fingerprint density at radius 2 is 1.95 bits per heavy atom. The highest BCUT2D eigenvalue weighted by atomic mass is 16.1. The summed E-state index contributed by atoms with van der Waals surface area (Å²) in [5, 5.41) is 7.17. The van der Waals surface area contributed by atoms with Crippen molar-refractivity contribution < 1.29 is 9.59 Å². The molecule has 5 nitrogen and oxygen atoms in total. The van der Waals surface area contributed by atoms with Gasteiger partial charge in [0.1, 0.15) is 0 Å². The molecule has 22 heavy (non-hydrogen) atoms. The van der Waals surface area contributed by atoms with Crippen molar-refractivity contribution in [2.45, 2.75) is 27.3 Å². The summed E-state index contributed by atoms with van der Waals surface area (Å²) < 4.78 is 1.79. The Morgan fingerprint density at radius 1 is 1.27 bits per heavy atom. The van der Waals surface area contributed by atoms with Crippen LogP contribution in [0.15, 0.2) is 42.7 Å². The number of nitrogens with one attached hydrogen (secondary N) is 1. The molecule has 0 fully saturated rings. The molecule has 1 N–H and O–H groups in total. The van der Waals surface area contributed by atoms with E-state index >= 15 is 0 Å². The van der Waals surface area contributed by atoms with Gasteiger partial charge in [-0.3, -0.25) is 14.3 Å². The van der Waals surface area contributed by atoms with Gasteiger partial charge in [0, 0.05) is 35.8 Å². The highest BCUT2D eigenvalue weighted by molar-refractivity contribution is 6.05. The van der Waals surface area contributed by atoms with Crippen LogP contribution in [-0.4, -0.2) is 21.3 Å². The molecule has 2 aromatic rings. The van der Waals surface area contributed by atoms with Crippen LogP contribution in [0.4, 0.5) is 5.69 Å². The predicted octanol–water partition coefficient (Wildman–Crippen LogP) is 3.22. The molecular weight excluding hydrogens is 278 g/mol. The molecule has 2 rings (SSSR count). The Hall–Kier alpha value is -2.69. The molecule has 0 saturated heterocycles. The smallest absolute Gasteiger partial charge is 0.190 e. The van der Waals surface area contributed by atoms with Gasteiger partial charge in [-0.2, -0.15) is 5.10 Å². The van der Waals surface area contributed by atoms with Crippen LogP contribution in [-0.2, 0) is 6.54 Å². The Labute approximate surface area is 129 Å². The molecule has 0 unspecified atom stereocenters. The van der Waals surface area contributed by atoms with Gasteiger partial charge in [0.2, 0.25) is 0 Å². The summed E-state index contributed by atoms with van der Waals surface area (Å²) in [6.45, 7) is 6.13. The molecule has 0 bridgehead atoms. The summed E-state index contributed by atoms with van der Waals surface area (Å²) in [4.78, 5) is 23.3. The summed E-state index contributed by atoms with van der Waals surface area (Å²) in [7, 11) is 0. The first kappa shape index (κ1) is 15.7. The quantitative estimate of drug-likeness (QED) is 0.657. The Kier molecular flexibility index (Phi) is 4.88. The molecule has 1 aromatic carbocycles. The fraction of sp³-hybridized carbons (Fsp3) is 0.235. The zero-order valence-electron chi connectivity index (χ0n) is 13.0. The first-order chi connectivity index (χ1) is 10.5. The van der Waals surface area contributed by atoms with Gasteiger partial charge in [-0.05, 0) is 45.0 Å². The zero-order valence-corrected chi connectivity index (χ0v) is 13.0. The lowest BCUT2D eigenvalue weighted by atomic mass is 10.1. The molecular formula is C17H19N3O2. The summed E-state index contributed by atoms with van der Waals surface area (Å²) in [6.07, 6.45) is 4.66. The van der Waals surface area contributed by atoms with Crippen LogP contribution in [0.3, 0.4) is 0 Å². The Morgan fingerprint density at radius 3 is 2.50 bits per heavy atom. The standard InChI is InChI=1S/C17H19N3O2/c1-4-20-12(2)16(11-19-20)17(22)9-10-18-15-7-5-14(6-8-15)13(3)21/h5-11,18H,4H2,1-3H3. The van der Waals surface area contributed by atoms with E-state index in [1.165, 1.54) is 13.0 Å². The van der Waals surface area contributed by atoms with Gasteiger partial charge in [-0.25, -0.2) is 0 Å². The number of carbonyl (C=O) groups excluding carboxylic acids is 2. The SMILES string of the molecule is CCn1ncc(C(=O)C=CNc2ccc(C(C)=O)cc2)c1C. The zero-order chi connectivity index (χ0) is 16.1. The number of allylic oxidation sites excluding steroid dienone is 1. The van der Waals surface area contributed by atoms with Crippen molar-refractivity contribution in [3.05, 3.63) is 59.6 Å². The van der Waals surface area contributed by atoms with E-state index in [4.69, 9.17) is 0 Å². The fourth-order valence-electron chi connectivity index (χ4n) is 2.11. The van der Waals surface area contributed by atoms with Crippen LogP contribution in [0.2, 0.25) is 0 Å². The third kappa shape index (κ3) is 3.49. The van der Waals surface area contributed by atoms with E-state index in [-0.39, 0.29) is 11.6 Å². The number of hydrogen-bond donors (Lipinski definition) is 1. The average molecular weight is 297 g/mol. The van der Waals surface area contributed by atoms with Crippen molar-refractivity contribution >= 4 is 17.3 Å². The first-order valence-corrected chi connectivity index (χ1v) is 7.13. The minimum Gasteiger partial charge on any atom is -0.362 e. The molecule has 114 valence electrons. The molecule has 0 atom stereocenters. The van der Waals surface area contributed by atoms with Crippen molar-refractivity contribution in [3.8, 4) is 0 Å². The highest BCUT2D eigenvalue weighted by Crippen LogP contribution is 2.11. The van der Waals surface area contributed by atoms with Crippen LogP contribution in [0, 0.1) is 6.92 Å². The third-order valence-electron chi connectivity index (χ3n) is 3.44. The van der Waals surface area contributed by atoms with E-state index in [9.17, 15) is 9.59 Å². The molecule has 1 aromatic heterocycles. The number of aryl methyl sites for hydroxylation is 1. The van der Waals surface area contributed by atoms with Gasteiger partial charge < -0.3 is 5.32 Å². The van der Waals surface area contributed by atoms with Crippen LogP contribution in [0.1, 0.15) is 40.3 Å². The number of ketones is 2. The van der Waals surface area contributed by atoms with E-state index in [0.29, 0.717) is 11.1 Å². The van der Waals surface area contributed by atoms with E-state index in [1.807, 2.05) is 13.8 Å². The minimum atomic E-state index is -0.0925. The van der Waals surface area contributed by atoms with E-state index in [0.717, 1.165) is 17.9 Å². The molecule has 0 radical (unpaired) electrons. The third-order valence-corrected chi connectivity index (χ3v) is 3.44. The average Bonchev–Trinajstić information content (AvgIpc) is 2.88. The van der Waals surface area contributed by atoms with Crippen LogP contribution in [0.5, 0.6) is 0 Å². The monoisotopic (exact) mass is 297 g/mol. The van der Waals surface area contributed by atoms with E-state index in [2.05, 4.69) is 10.4 Å². The summed E-state index contributed by atoms with van der Waals surface area (Å²) in [5.74, 6) is -0.0641. The molecule has 0 aliphatic heterocycles. The number of Topliss-reactive ketones (excluding diaryl/α,β-unsaturated/α-hetero) is 1. The van der Waals surface area contributed by atoms with Crippen molar-refractivity contribution in [3.63, 3.8) is 0 Å². The summed E-state index contributed by atoms with van der Waals surface area (Å²) in [6, 6.07) is 7.09. The molecule has 0 aliphatic rings.